The minimum Gasteiger partial charge on any atom is -0.362 e. The van der Waals surface area contributed by atoms with E-state index < -0.39 is 57.8 Å². The second-order valence-corrected chi connectivity index (χ2v) is 19.5. The van der Waals surface area contributed by atoms with E-state index in [9.17, 15) is 36.4 Å². The molecule has 1 aliphatic carbocycles. The number of likely N-dealkylation sites (tertiary alicyclic amines) is 1. The van der Waals surface area contributed by atoms with E-state index in [0.29, 0.717) is 54.8 Å². The van der Waals surface area contributed by atoms with Crippen LogP contribution in [0.3, 0.4) is 0 Å². The number of halogens is 3. The van der Waals surface area contributed by atoms with Crippen LogP contribution in [0.5, 0.6) is 0 Å². The van der Waals surface area contributed by atoms with Crippen LogP contribution in [0.15, 0.2) is 47.7 Å². The molecule has 2 N–H and O–H groups in total. The standard InChI is InChI=1S/C43H48F3N11O7S/c1-52-38-27(4-2-6-32(38)57(43(52)61)33-11-12-36(58)50-42(33)60)5-3-19-64-34-13-15-53(24-30(34)44)23-26-7-9-28(10-8-26)56-25-31(37(51-56)39(45)46)48-41(59)29-22-47-55-16-14-35(49-40(29)55)54-17-20-65(62,63)21-18-54/h2,4,6,14,16,22,25-26,28,30,33-34,39H,7-13,15,17-21,23-24H2,1H3,(H,48,59)(H,50,58,60)/t26-,28-,30-,33?,34-/m1/s1. The molecule has 4 aliphatic rings. The van der Waals surface area contributed by atoms with Crippen LogP contribution < -0.4 is 21.2 Å². The summed E-state index contributed by atoms with van der Waals surface area (Å²) in [6, 6.07) is 5.93. The molecular weight excluding hydrogens is 872 g/mol. The zero-order valence-corrected chi connectivity index (χ0v) is 36.4. The van der Waals surface area contributed by atoms with Crippen molar-refractivity contribution in [2.24, 2.45) is 13.0 Å². The van der Waals surface area contributed by atoms with Crippen LogP contribution in [0.2, 0.25) is 0 Å². The minimum atomic E-state index is -3.12. The van der Waals surface area contributed by atoms with E-state index >= 15 is 4.39 Å². The van der Waals surface area contributed by atoms with Gasteiger partial charge in [-0.05, 0) is 62.6 Å². The molecule has 0 spiro atoms. The Balaban J connectivity index is 0.762. The first-order valence-electron chi connectivity index (χ1n) is 21.7. The Bertz CT molecular complexity index is 2880. The van der Waals surface area contributed by atoms with Crippen molar-refractivity contribution in [3.05, 3.63) is 70.2 Å². The highest BCUT2D eigenvalue weighted by atomic mass is 32.2. The van der Waals surface area contributed by atoms with E-state index in [1.54, 1.807) is 37.5 Å². The maximum Gasteiger partial charge on any atom is 0.329 e. The van der Waals surface area contributed by atoms with Gasteiger partial charge in [-0.1, -0.05) is 17.9 Å². The molecule has 65 heavy (non-hydrogen) atoms. The van der Waals surface area contributed by atoms with Crippen LogP contribution in [-0.2, 0) is 31.2 Å². The van der Waals surface area contributed by atoms with E-state index in [4.69, 9.17) is 4.74 Å². The molecule has 1 unspecified atom stereocenters. The van der Waals surface area contributed by atoms with Gasteiger partial charge in [0.05, 0.1) is 52.1 Å². The molecule has 1 aromatic carbocycles. The topological polar surface area (TPSA) is 200 Å². The van der Waals surface area contributed by atoms with Gasteiger partial charge in [-0.15, -0.1) is 0 Å². The van der Waals surface area contributed by atoms with Crippen molar-refractivity contribution in [2.75, 3.05) is 61.1 Å². The fraction of sp³-hybridized carbons (Fsp3) is 0.512. The van der Waals surface area contributed by atoms with Gasteiger partial charge in [-0.25, -0.2) is 35.9 Å². The summed E-state index contributed by atoms with van der Waals surface area (Å²) in [4.78, 5) is 59.5. The number of ether oxygens (including phenoxy) is 1. The van der Waals surface area contributed by atoms with Crippen LogP contribution in [0.4, 0.5) is 24.7 Å². The third kappa shape index (κ3) is 9.13. The third-order valence-electron chi connectivity index (χ3n) is 13.0. The highest BCUT2D eigenvalue weighted by Gasteiger charge is 2.34. The van der Waals surface area contributed by atoms with Crippen molar-refractivity contribution >= 4 is 55.7 Å². The van der Waals surface area contributed by atoms with Crippen LogP contribution in [0, 0.1) is 17.8 Å². The van der Waals surface area contributed by atoms with Gasteiger partial charge in [0, 0.05) is 58.6 Å². The summed E-state index contributed by atoms with van der Waals surface area (Å²) < 4.78 is 79.5. The molecule has 4 aromatic heterocycles. The van der Waals surface area contributed by atoms with Crippen LogP contribution in [-0.4, -0.2) is 128 Å². The van der Waals surface area contributed by atoms with Crippen molar-refractivity contribution in [3.8, 4) is 11.8 Å². The number of piperidine rings is 2. The maximum atomic E-state index is 15.5. The first kappa shape index (κ1) is 44.2. The zero-order valence-electron chi connectivity index (χ0n) is 35.5. The molecular formula is C43H48F3N11O7S. The number of rotatable bonds is 10. The lowest BCUT2D eigenvalue weighted by molar-refractivity contribution is -0.135. The predicted octanol–water partition coefficient (Wildman–Crippen LogP) is 3.19. The summed E-state index contributed by atoms with van der Waals surface area (Å²) in [5.74, 6) is 5.17. The number of carbonyl (C=O) groups is 3. The summed E-state index contributed by atoms with van der Waals surface area (Å²) in [5.41, 5.74) is 0.826. The number of para-hydroxylation sites is 1. The van der Waals surface area contributed by atoms with Gasteiger partial charge >= 0.3 is 5.69 Å². The van der Waals surface area contributed by atoms with E-state index in [-0.39, 0.29) is 85.4 Å². The summed E-state index contributed by atoms with van der Waals surface area (Å²) in [7, 11) is -1.52. The molecule has 4 fully saturated rings. The molecule has 22 heteroatoms. The van der Waals surface area contributed by atoms with Gasteiger partial charge in [-0.2, -0.15) is 10.2 Å². The molecule has 7 heterocycles. The number of nitrogens with zero attached hydrogens (tertiary/aromatic N) is 9. The van der Waals surface area contributed by atoms with Gasteiger partial charge in [0.1, 0.15) is 30.2 Å². The van der Waals surface area contributed by atoms with Crippen LogP contribution in [0.1, 0.15) is 85.1 Å². The molecule has 18 nitrogen and oxygen atoms in total. The molecule has 0 bridgehead atoms. The van der Waals surface area contributed by atoms with E-state index in [1.165, 1.54) is 30.7 Å². The Labute approximate surface area is 371 Å². The first-order valence-corrected chi connectivity index (χ1v) is 23.5. The van der Waals surface area contributed by atoms with E-state index in [0.717, 1.165) is 12.8 Å². The first-order chi connectivity index (χ1) is 31.2. The molecule has 3 atom stereocenters. The minimum absolute atomic E-state index is 0.00872. The quantitative estimate of drug-likeness (QED) is 0.154. The number of aromatic nitrogens is 7. The number of carbonyl (C=O) groups excluding carboxylic acids is 3. The number of anilines is 2. The SMILES string of the molecule is Cn1c(=O)n(C2CCC(=O)NC2=O)c2cccc(C#CCO[C@@H]3CCN(C[C@H]4CC[C@H](n5cc(NC(=O)c6cnn7ccc(N8CCS(=O)(=O)CC8)nc67)c(C(F)F)n5)CC4)C[C@H]3F)c21. The number of aryl methyl sites for hydroxylation is 1. The van der Waals surface area contributed by atoms with Gasteiger partial charge in [0.15, 0.2) is 21.2 Å². The summed E-state index contributed by atoms with van der Waals surface area (Å²) in [6.07, 6.45) is 3.28. The molecule has 5 aromatic rings. The second kappa shape index (κ2) is 18.1. The number of nitrogens with one attached hydrogen (secondary N) is 2. The Kier molecular flexibility index (Phi) is 12.3. The lowest BCUT2D eigenvalue weighted by atomic mass is 9.85. The number of benzene rings is 1. The summed E-state index contributed by atoms with van der Waals surface area (Å²) in [6.45, 7) is 2.03. The maximum absolute atomic E-state index is 15.5. The average Bonchev–Trinajstić information content (AvgIpc) is 3.97. The van der Waals surface area contributed by atoms with Crippen molar-refractivity contribution in [3.63, 3.8) is 0 Å². The normalized spacial score (nSPS) is 24.0. The number of amides is 3. The smallest absolute Gasteiger partial charge is 0.329 e. The Morgan fingerprint density at radius 1 is 1.05 bits per heavy atom. The number of hydrogen-bond acceptors (Lipinski definition) is 12. The number of alkyl halides is 3. The Morgan fingerprint density at radius 2 is 1.83 bits per heavy atom. The molecule has 3 amide bonds. The fourth-order valence-electron chi connectivity index (χ4n) is 9.48. The number of sulfone groups is 1. The van der Waals surface area contributed by atoms with Gasteiger partial charge < -0.3 is 15.0 Å². The fourth-order valence-corrected chi connectivity index (χ4v) is 10.7. The second-order valence-electron chi connectivity index (χ2n) is 17.2. The molecule has 1 saturated carbocycles. The number of imidazole rings is 1. The highest BCUT2D eigenvalue weighted by Crippen LogP contribution is 2.36. The van der Waals surface area contributed by atoms with Gasteiger partial charge in [-0.3, -0.25) is 38.4 Å². The number of hydrogen-bond donors (Lipinski definition) is 2. The Morgan fingerprint density at radius 3 is 2.57 bits per heavy atom. The van der Waals surface area contributed by atoms with Crippen LogP contribution in [0.25, 0.3) is 16.7 Å². The predicted molar refractivity (Wildman–Crippen MR) is 231 cm³/mol. The molecule has 3 saturated heterocycles. The van der Waals surface area contributed by atoms with Gasteiger partial charge in [0.2, 0.25) is 11.8 Å². The highest BCUT2D eigenvalue weighted by molar-refractivity contribution is 7.91. The monoisotopic (exact) mass is 919 g/mol. The third-order valence-corrected chi connectivity index (χ3v) is 14.6. The summed E-state index contributed by atoms with van der Waals surface area (Å²) in [5, 5.41) is 13.3. The molecule has 0 radical (unpaired) electrons. The zero-order chi connectivity index (χ0) is 45.6. The lowest BCUT2D eigenvalue weighted by Gasteiger charge is -2.38. The average molecular weight is 920 g/mol. The van der Waals surface area contributed by atoms with E-state index in [1.807, 2.05) is 4.90 Å². The Hall–Kier alpha value is -6.05. The molecule has 9 rings (SSSR count). The lowest BCUT2D eigenvalue weighted by Crippen LogP contribution is -2.47. The molecule has 344 valence electrons. The summed E-state index contributed by atoms with van der Waals surface area (Å²) >= 11 is 0. The van der Waals surface area contributed by atoms with Crippen LogP contribution >= 0.6 is 0 Å². The van der Waals surface area contributed by atoms with Crippen molar-refractivity contribution in [2.45, 2.75) is 75.7 Å². The largest absolute Gasteiger partial charge is 0.362 e. The van der Waals surface area contributed by atoms with E-state index in [2.05, 4.69) is 42.6 Å². The number of fused-ring (bicyclic) bond motifs is 2. The van der Waals surface area contributed by atoms with Crippen molar-refractivity contribution in [1.29, 1.82) is 0 Å². The molecule has 3 aliphatic heterocycles. The number of imide groups is 1. The van der Waals surface area contributed by atoms with Gasteiger partial charge in [0.25, 0.3) is 12.3 Å². The van der Waals surface area contributed by atoms with Crippen molar-refractivity contribution in [1.82, 2.24) is 43.7 Å². The van der Waals surface area contributed by atoms with Crippen molar-refractivity contribution < 1.29 is 40.7 Å².